The van der Waals surface area contributed by atoms with Gasteiger partial charge in [-0.2, -0.15) is 0 Å². The van der Waals surface area contributed by atoms with E-state index in [2.05, 4.69) is 34.7 Å². The highest BCUT2D eigenvalue weighted by molar-refractivity contribution is 6.68. The molecule has 0 heterocycles. The minimum Gasteiger partial charge on any atom is -0.622 e. The topological polar surface area (TPSA) is 68.4 Å². The maximum atomic E-state index is 5.81. The van der Waals surface area contributed by atoms with E-state index in [-0.39, 0.29) is 21.0 Å². The highest BCUT2D eigenvalue weighted by Gasteiger charge is 2.30. The van der Waals surface area contributed by atoms with Crippen molar-refractivity contribution in [1.29, 1.82) is 0 Å². The second-order valence-electron chi connectivity index (χ2n) is 3.53. The van der Waals surface area contributed by atoms with Gasteiger partial charge in [0, 0.05) is 0 Å². The van der Waals surface area contributed by atoms with Crippen molar-refractivity contribution in [1.82, 2.24) is 0 Å². The van der Waals surface area contributed by atoms with Gasteiger partial charge < -0.3 is 16.8 Å². The minimum atomic E-state index is -1.50. The summed E-state index contributed by atoms with van der Waals surface area (Å²) in [6.07, 6.45) is 0. The molecule has 0 atom stereocenters. The van der Waals surface area contributed by atoms with Crippen LogP contribution in [0.2, 0.25) is 34.7 Å². The molecule has 0 aliphatic carbocycles. The Kier molecular flexibility index (Phi) is 16.2. The predicted octanol–water partition coefficient (Wildman–Crippen LogP) is 0.500. The van der Waals surface area contributed by atoms with Crippen molar-refractivity contribution in [2.45, 2.75) is 34.7 Å². The van der Waals surface area contributed by atoms with Crippen LogP contribution < -0.4 is 0 Å². The third-order valence-corrected chi connectivity index (χ3v) is 14.0. The van der Waals surface area contributed by atoms with Crippen LogP contribution in [0.4, 0.5) is 0 Å². The molecule has 0 amide bonds. The van der Waals surface area contributed by atoms with E-state index in [4.69, 9.17) is 11.4 Å². The van der Waals surface area contributed by atoms with Crippen LogP contribution in [0.3, 0.4) is 0 Å². The number of hydrogen-bond donors (Lipinski definition) is 0. The molecule has 0 saturated carbocycles. The molecule has 0 saturated heterocycles. The molecule has 89 valence electrons. The molecular formula is C6H20Al5O5. The number of rotatable bonds is 8. The molecule has 16 heavy (non-hydrogen) atoms. The van der Waals surface area contributed by atoms with Gasteiger partial charge in [0.25, 0.3) is 0 Å². The second kappa shape index (κ2) is 12.5. The molecule has 0 aromatic rings. The standard InChI is InChI=1S/6CH3.5Al.H2O.4O/h6*1H3;;;;;;1H2;;;;. The summed E-state index contributed by atoms with van der Waals surface area (Å²) in [6, 6.07) is 0. The average molecular weight is 307 g/mol. The Hall–Kier alpha value is 2.46. The highest BCUT2D eigenvalue weighted by Crippen LogP contribution is 2.00. The lowest BCUT2D eigenvalue weighted by Gasteiger charge is -2.19. The van der Waals surface area contributed by atoms with Crippen LogP contribution in [0.15, 0.2) is 0 Å². The molecule has 0 unspecified atom stereocenters. The molecule has 0 aromatic carbocycles. The second-order valence-corrected chi connectivity index (χ2v) is 13.9. The molecular weight excluding hydrogens is 287 g/mol. The maximum Gasteiger partial charge on any atom is 0.612 e. The first-order chi connectivity index (χ1) is 6.95. The molecule has 1 radical (unpaired) electrons. The fourth-order valence-electron chi connectivity index (χ4n) is 1.21. The first-order valence-electron chi connectivity index (χ1n) is 5.35. The van der Waals surface area contributed by atoms with Crippen molar-refractivity contribution >= 4 is 74.5 Å². The SMILES string of the molecule is O.[CH3][Al][O][Al]([CH3])[O][Al]([CH3])[O][Al]([CH3])[O][Al]([CH3])[CH3]. The number of hydrogen-bond acceptors (Lipinski definition) is 4. The van der Waals surface area contributed by atoms with Crippen LogP contribution in [0.1, 0.15) is 0 Å². The Morgan fingerprint density at radius 1 is 0.750 bits per heavy atom. The molecule has 0 aliphatic heterocycles. The van der Waals surface area contributed by atoms with E-state index in [1.807, 2.05) is 0 Å². The molecule has 0 aliphatic rings. The minimum absolute atomic E-state index is 0. The van der Waals surface area contributed by atoms with Crippen molar-refractivity contribution in [2.24, 2.45) is 0 Å². The van der Waals surface area contributed by atoms with Crippen molar-refractivity contribution < 1.29 is 16.8 Å². The molecule has 0 fully saturated rings. The molecule has 0 rings (SSSR count). The summed E-state index contributed by atoms with van der Waals surface area (Å²) in [5, 5.41) is 0. The van der Waals surface area contributed by atoms with Crippen molar-refractivity contribution in [3.8, 4) is 0 Å². The average Bonchev–Trinajstić information content (AvgIpc) is 2.00. The van der Waals surface area contributed by atoms with E-state index in [0.717, 1.165) is 0 Å². The lowest BCUT2D eigenvalue weighted by atomic mass is 11.9. The van der Waals surface area contributed by atoms with E-state index in [0.29, 0.717) is 0 Å². The fourth-order valence-corrected chi connectivity index (χ4v) is 12.6. The third kappa shape index (κ3) is 12.9. The van der Waals surface area contributed by atoms with E-state index < -0.39 is 58.9 Å². The first kappa shape index (κ1) is 20.8. The van der Waals surface area contributed by atoms with Crippen LogP contribution in [0, 0.1) is 0 Å². The van der Waals surface area contributed by atoms with E-state index in [1.165, 1.54) is 0 Å². The molecule has 2 N–H and O–H groups in total. The lowest BCUT2D eigenvalue weighted by Crippen LogP contribution is -2.36. The quantitative estimate of drug-likeness (QED) is 0.612. The summed E-state index contributed by atoms with van der Waals surface area (Å²) >= 11 is -5.18. The molecule has 0 spiro atoms. The summed E-state index contributed by atoms with van der Waals surface area (Å²) < 4.78 is 22.8. The molecule has 0 aromatic heterocycles. The molecule has 10 heteroatoms. The van der Waals surface area contributed by atoms with Gasteiger partial charge in [-0.15, -0.1) is 0 Å². The van der Waals surface area contributed by atoms with Gasteiger partial charge in [0.1, 0.15) is 0 Å². The normalized spacial score (nSPS) is 9.12. The third-order valence-electron chi connectivity index (χ3n) is 1.56. The zero-order valence-corrected chi connectivity index (χ0v) is 16.8. The zero-order valence-electron chi connectivity index (χ0n) is 11.0. The van der Waals surface area contributed by atoms with Crippen LogP contribution in [0.5, 0.6) is 0 Å². The van der Waals surface area contributed by atoms with Gasteiger partial charge >= 0.3 is 74.5 Å². The fraction of sp³-hybridized carbons (Fsp3) is 1.00. The Morgan fingerprint density at radius 3 is 1.62 bits per heavy atom. The lowest BCUT2D eigenvalue weighted by molar-refractivity contribution is 0.357. The van der Waals surface area contributed by atoms with Crippen LogP contribution in [-0.4, -0.2) is 80.0 Å². The van der Waals surface area contributed by atoms with Crippen molar-refractivity contribution in [2.75, 3.05) is 0 Å². The van der Waals surface area contributed by atoms with E-state index >= 15 is 0 Å². The predicted molar refractivity (Wildman–Crippen MR) is 71.9 cm³/mol. The van der Waals surface area contributed by atoms with E-state index in [9.17, 15) is 0 Å². The zero-order chi connectivity index (χ0) is 11.8. The Morgan fingerprint density at radius 2 is 1.19 bits per heavy atom. The Labute approximate surface area is 125 Å². The Bertz CT molecular complexity index is 162. The Balaban J connectivity index is 0. The maximum absolute atomic E-state index is 5.81. The van der Waals surface area contributed by atoms with Crippen LogP contribution in [0.25, 0.3) is 0 Å². The van der Waals surface area contributed by atoms with Crippen LogP contribution >= 0.6 is 0 Å². The van der Waals surface area contributed by atoms with Crippen molar-refractivity contribution in [3.63, 3.8) is 0 Å². The highest BCUT2D eigenvalue weighted by atomic mass is 27.4. The monoisotopic (exact) mass is 307 g/mol. The van der Waals surface area contributed by atoms with Gasteiger partial charge in [0.05, 0.1) is 0 Å². The van der Waals surface area contributed by atoms with Crippen molar-refractivity contribution in [3.05, 3.63) is 0 Å². The largest absolute Gasteiger partial charge is 0.622 e. The summed E-state index contributed by atoms with van der Waals surface area (Å²) in [4.78, 5) is 0. The van der Waals surface area contributed by atoms with Gasteiger partial charge in [-0.3, -0.25) is 0 Å². The summed E-state index contributed by atoms with van der Waals surface area (Å²) in [5.74, 6) is 12.6. The summed E-state index contributed by atoms with van der Waals surface area (Å²) in [7, 11) is 0. The first-order valence-corrected chi connectivity index (χ1v) is 16.0. The van der Waals surface area contributed by atoms with Gasteiger partial charge in [-0.05, 0) is 0 Å². The van der Waals surface area contributed by atoms with Crippen LogP contribution in [-0.2, 0) is 11.4 Å². The summed E-state index contributed by atoms with van der Waals surface area (Å²) in [5.41, 5.74) is 0. The van der Waals surface area contributed by atoms with Gasteiger partial charge in [0.15, 0.2) is 0 Å². The molecule has 0 bridgehead atoms. The van der Waals surface area contributed by atoms with Gasteiger partial charge in [-0.1, -0.05) is 34.7 Å². The van der Waals surface area contributed by atoms with Gasteiger partial charge in [-0.25, -0.2) is 0 Å². The van der Waals surface area contributed by atoms with E-state index in [1.54, 1.807) is 0 Å². The summed E-state index contributed by atoms with van der Waals surface area (Å²) in [6.45, 7) is 0. The van der Waals surface area contributed by atoms with Gasteiger partial charge in [0.2, 0.25) is 0 Å². The molecule has 5 nitrogen and oxygen atoms in total. The smallest absolute Gasteiger partial charge is 0.612 e.